The Hall–Kier alpha value is -2.00. The van der Waals surface area contributed by atoms with Gasteiger partial charge >= 0.3 is 5.97 Å². The molecule has 3 nitrogen and oxygen atoms in total. The first-order valence-electron chi connectivity index (χ1n) is 8.97. The fraction of sp³-hybridized carbons (Fsp3) is 0.409. The number of hydrogen-bond donors (Lipinski definition) is 2. The summed E-state index contributed by atoms with van der Waals surface area (Å²) in [6, 6.07) is 14.5. The summed E-state index contributed by atoms with van der Waals surface area (Å²) in [5.41, 5.74) is 3.83. The van der Waals surface area contributed by atoms with Crippen molar-refractivity contribution in [2.75, 3.05) is 5.32 Å². The van der Waals surface area contributed by atoms with E-state index in [0.29, 0.717) is 6.42 Å². The second kappa shape index (κ2) is 6.62. The van der Waals surface area contributed by atoms with E-state index in [4.69, 9.17) is 11.6 Å². The lowest BCUT2D eigenvalue weighted by atomic mass is 9.74. The summed E-state index contributed by atoms with van der Waals surface area (Å²) in [7, 11) is 0. The lowest BCUT2D eigenvalue weighted by Crippen LogP contribution is -2.31. The van der Waals surface area contributed by atoms with Gasteiger partial charge < -0.3 is 10.4 Å². The van der Waals surface area contributed by atoms with Gasteiger partial charge in [0.15, 0.2) is 0 Å². The van der Waals surface area contributed by atoms with Crippen molar-refractivity contribution in [3.8, 4) is 0 Å². The highest BCUT2D eigenvalue weighted by atomic mass is 35.5. The van der Waals surface area contributed by atoms with Crippen LogP contribution in [0.3, 0.4) is 0 Å². The van der Waals surface area contributed by atoms with Gasteiger partial charge in [0, 0.05) is 10.7 Å². The third-order valence-corrected chi connectivity index (χ3v) is 5.57. The zero-order chi connectivity index (χ0) is 19.1. The largest absolute Gasteiger partial charge is 0.481 e. The first-order chi connectivity index (χ1) is 12.1. The summed E-state index contributed by atoms with van der Waals surface area (Å²) in [6.45, 7) is 8.02. The number of carbonyl (C=O) groups is 1. The van der Waals surface area contributed by atoms with E-state index in [9.17, 15) is 9.90 Å². The average Bonchev–Trinajstić information content (AvgIpc) is 2.54. The predicted molar refractivity (Wildman–Crippen MR) is 107 cm³/mol. The molecule has 26 heavy (non-hydrogen) atoms. The van der Waals surface area contributed by atoms with Crippen molar-refractivity contribution in [1.29, 1.82) is 0 Å². The van der Waals surface area contributed by atoms with Crippen molar-refractivity contribution in [3.63, 3.8) is 0 Å². The molecule has 1 aliphatic rings. The smallest absolute Gasteiger partial charge is 0.309 e. The molecule has 0 saturated carbocycles. The highest BCUT2D eigenvalue weighted by Crippen LogP contribution is 2.45. The van der Waals surface area contributed by atoms with Gasteiger partial charge in [0.05, 0.1) is 11.5 Å². The normalized spacial score (nSPS) is 18.7. The maximum atomic E-state index is 11.4. The van der Waals surface area contributed by atoms with Crippen LogP contribution in [-0.4, -0.2) is 11.1 Å². The molecule has 0 radical (unpaired) electrons. The lowest BCUT2D eigenvalue weighted by Gasteiger charge is -2.39. The molecule has 2 aromatic rings. The third-order valence-electron chi connectivity index (χ3n) is 5.33. The van der Waals surface area contributed by atoms with Gasteiger partial charge in [-0.25, -0.2) is 0 Å². The van der Waals surface area contributed by atoms with Gasteiger partial charge in [0.1, 0.15) is 0 Å². The summed E-state index contributed by atoms with van der Waals surface area (Å²) >= 11 is 6.19. The highest BCUT2D eigenvalue weighted by Gasteiger charge is 2.34. The van der Waals surface area contributed by atoms with Crippen LogP contribution in [0.5, 0.6) is 0 Å². The number of rotatable bonds is 4. The molecular formula is C22H26ClNO2. The minimum Gasteiger partial charge on any atom is -0.481 e. The van der Waals surface area contributed by atoms with E-state index in [1.165, 1.54) is 11.1 Å². The molecule has 2 N–H and O–H groups in total. The topological polar surface area (TPSA) is 49.3 Å². The molecule has 0 spiro atoms. The van der Waals surface area contributed by atoms with Crippen LogP contribution in [0.15, 0.2) is 42.5 Å². The number of aliphatic carboxylic acids is 1. The van der Waals surface area contributed by atoms with E-state index in [2.05, 4.69) is 31.3 Å². The third kappa shape index (κ3) is 3.73. The van der Waals surface area contributed by atoms with E-state index in [0.717, 1.165) is 22.7 Å². The molecule has 0 aromatic heterocycles. The quantitative estimate of drug-likeness (QED) is 0.711. The van der Waals surface area contributed by atoms with Gasteiger partial charge in [-0.2, -0.15) is 0 Å². The first-order valence-corrected chi connectivity index (χ1v) is 9.35. The van der Waals surface area contributed by atoms with Crippen LogP contribution in [0.4, 0.5) is 5.69 Å². The second-order valence-electron chi connectivity index (χ2n) is 8.59. The number of fused-ring (bicyclic) bond motifs is 1. The Kier molecular flexibility index (Phi) is 4.78. The van der Waals surface area contributed by atoms with E-state index >= 15 is 0 Å². The maximum absolute atomic E-state index is 11.4. The SMILES string of the molecule is CC(C)(Cc1cccc(C2CC(C)(C)c3cc(Cl)ccc3N2)c1)C(=O)O. The van der Waals surface area contributed by atoms with Gasteiger partial charge in [0.2, 0.25) is 0 Å². The van der Waals surface area contributed by atoms with E-state index in [-0.39, 0.29) is 11.5 Å². The summed E-state index contributed by atoms with van der Waals surface area (Å²) < 4.78 is 0. The number of nitrogens with one attached hydrogen (secondary N) is 1. The van der Waals surface area contributed by atoms with Crippen LogP contribution in [0.2, 0.25) is 5.02 Å². The fourth-order valence-corrected chi connectivity index (χ4v) is 3.94. The Morgan fingerprint density at radius 1 is 1.27 bits per heavy atom. The fourth-order valence-electron chi connectivity index (χ4n) is 3.77. The van der Waals surface area contributed by atoms with E-state index in [1.807, 2.05) is 30.3 Å². The van der Waals surface area contributed by atoms with Crippen molar-refractivity contribution in [1.82, 2.24) is 0 Å². The molecule has 1 aliphatic heterocycles. The van der Waals surface area contributed by atoms with Gasteiger partial charge in [0.25, 0.3) is 0 Å². The van der Waals surface area contributed by atoms with Crippen molar-refractivity contribution in [3.05, 3.63) is 64.2 Å². The summed E-state index contributed by atoms with van der Waals surface area (Å²) in [5, 5.41) is 13.8. The summed E-state index contributed by atoms with van der Waals surface area (Å²) in [5.74, 6) is -0.773. The molecule has 3 rings (SSSR count). The second-order valence-corrected chi connectivity index (χ2v) is 9.02. The number of carboxylic acid groups (broad SMARTS) is 1. The molecule has 1 atom stereocenters. The molecule has 0 amide bonds. The molecule has 1 unspecified atom stereocenters. The molecule has 2 aromatic carbocycles. The lowest BCUT2D eigenvalue weighted by molar-refractivity contribution is -0.146. The van der Waals surface area contributed by atoms with Gasteiger partial charge in [-0.15, -0.1) is 0 Å². The number of hydrogen-bond acceptors (Lipinski definition) is 2. The van der Waals surface area contributed by atoms with Gasteiger partial charge in [-0.1, -0.05) is 49.7 Å². The Morgan fingerprint density at radius 3 is 2.69 bits per heavy atom. The van der Waals surface area contributed by atoms with Gasteiger partial charge in [-0.05, 0) is 67.0 Å². The number of carboxylic acids is 1. The zero-order valence-electron chi connectivity index (χ0n) is 15.8. The number of halogens is 1. The van der Waals surface area contributed by atoms with Crippen LogP contribution in [-0.2, 0) is 16.6 Å². The Bertz CT molecular complexity index is 842. The van der Waals surface area contributed by atoms with Crippen LogP contribution >= 0.6 is 11.6 Å². The molecule has 0 aliphatic carbocycles. The predicted octanol–water partition coefficient (Wildman–Crippen LogP) is 5.83. The van der Waals surface area contributed by atoms with E-state index in [1.54, 1.807) is 13.8 Å². The van der Waals surface area contributed by atoms with Crippen LogP contribution in [0.25, 0.3) is 0 Å². The summed E-state index contributed by atoms with van der Waals surface area (Å²) in [6.07, 6.45) is 1.46. The molecular weight excluding hydrogens is 346 g/mol. The molecule has 0 fully saturated rings. The van der Waals surface area contributed by atoms with Crippen molar-refractivity contribution >= 4 is 23.3 Å². The molecule has 0 saturated heterocycles. The van der Waals surface area contributed by atoms with Crippen molar-refractivity contribution in [2.24, 2.45) is 5.41 Å². The van der Waals surface area contributed by atoms with Gasteiger partial charge in [-0.3, -0.25) is 4.79 Å². The Labute approximate surface area is 160 Å². The van der Waals surface area contributed by atoms with Crippen molar-refractivity contribution in [2.45, 2.75) is 52.0 Å². The Morgan fingerprint density at radius 2 is 2.00 bits per heavy atom. The van der Waals surface area contributed by atoms with Crippen molar-refractivity contribution < 1.29 is 9.90 Å². The number of anilines is 1. The summed E-state index contributed by atoms with van der Waals surface area (Å²) in [4.78, 5) is 11.4. The monoisotopic (exact) mass is 371 g/mol. The standard InChI is InChI=1S/C22H26ClNO2/c1-21(2)13-19(24-18-9-8-16(23)11-17(18)21)15-7-5-6-14(10-15)12-22(3,4)20(25)26/h5-11,19,24H,12-13H2,1-4H3,(H,25,26). The Balaban J connectivity index is 1.90. The minimum atomic E-state index is -0.777. The molecule has 138 valence electrons. The van der Waals surface area contributed by atoms with Crippen LogP contribution < -0.4 is 5.32 Å². The molecule has 0 bridgehead atoms. The van der Waals surface area contributed by atoms with E-state index < -0.39 is 11.4 Å². The maximum Gasteiger partial charge on any atom is 0.309 e. The number of benzene rings is 2. The highest BCUT2D eigenvalue weighted by molar-refractivity contribution is 6.30. The zero-order valence-corrected chi connectivity index (χ0v) is 16.5. The van der Waals surface area contributed by atoms with Crippen LogP contribution in [0, 0.1) is 5.41 Å². The molecule has 4 heteroatoms. The van der Waals surface area contributed by atoms with Crippen LogP contribution in [0.1, 0.15) is 56.8 Å². The first kappa shape index (κ1) is 18.8. The average molecular weight is 372 g/mol. The molecule has 1 heterocycles. The minimum absolute atomic E-state index is 0.00644.